The summed E-state index contributed by atoms with van der Waals surface area (Å²) in [6, 6.07) is 0. The molecule has 0 aromatic carbocycles. The smallest absolute Gasteiger partial charge is 0.0594 e. The maximum absolute atomic E-state index is 10.9. The highest BCUT2D eigenvalue weighted by molar-refractivity contribution is 5.35. The van der Waals surface area contributed by atoms with Gasteiger partial charge in [0.15, 0.2) is 0 Å². The number of aliphatic hydroxyl groups is 1. The van der Waals surface area contributed by atoms with Crippen LogP contribution in [-0.4, -0.2) is 11.2 Å². The number of allylic oxidation sites excluding steroid dienone is 3. The van der Waals surface area contributed by atoms with Crippen LogP contribution in [-0.2, 0) is 0 Å². The molecule has 5 aliphatic carbocycles. The Bertz CT molecular complexity index is 820. The lowest BCUT2D eigenvalue weighted by Gasteiger charge is -2.70. The lowest BCUT2D eigenvalue weighted by atomic mass is 9.34. The highest BCUT2D eigenvalue weighted by Gasteiger charge is 2.68. The molecule has 4 fully saturated rings. The van der Waals surface area contributed by atoms with Gasteiger partial charge in [0.2, 0.25) is 0 Å². The Morgan fingerprint density at radius 3 is 2.29 bits per heavy atom. The second kappa shape index (κ2) is 6.52. The van der Waals surface area contributed by atoms with E-state index in [-0.39, 0.29) is 11.5 Å². The van der Waals surface area contributed by atoms with Crippen LogP contribution in [0.5, 0.6) is 0 Å². The molecule has 0 radical (unpaired) electrons. The first kappa shape index (κ1) is 22.2. The molecule has 0 aromatic rings. The Kier molecular flexibility index (Phi) is 4.68. The van der Waals surface area contributed by atoms with E-state index in [0.717, 1.165) is 18.3 Å². The summed E-state index contributed by atoms with van der Waals surface area (Å²) in [6.45, 7) is 22.0. The van der Waals surface area contributed by atoms with Gasteiger partial charge in [-0.2, -0.15) is 0 Å². The SMILES string of the molecule is C=C(C)[C@@H]1CC[C@]2(C)CC[C@]3(C)C(=CC[C@H]4[C@@]5(C)CC[C@H](O)C(C)(C)[C@@H]5CC[C@]43C)[C@@H]12. The molecule has 0 heterocycles. The number of aliphatic hydroxyl groups excluding tert-OH is 1. The minimum atomic E-state index is -0.134. The standard InChI is InChI=1S/C30H48O/c1-19(2)20-11-14-27(5)17-18-29(7)21(25(20)27)9-10-23-28(6)15-13-24(31)26(3,4)22(28)12-16-30(23,29)8/h9,20,22-25,31H,1,10-18H2,2-8H3/t20-,22-,23-,24-,25+,27+,28-,29+,30+/m0/s1. The summed E-state index contributed by atoms with van der Waals surface area (Å²) < 4.78 is 0. The Balaban J connectivity index is 1.60. The van der Waals surface area contributed by atoms with E-state index in [2.05, 4.69) is 61.1 Å². The van der Waals surface area contributed by atoms with E-state index in [0.29, 0.717) is 33.5 Å². The van der Waals surface area contributed by atoms with Crippen molar-refractivity contribution in [3.63, 3.8) is 0 Å². The quantitative estimate of drug-likeness (QED) is 0.423. The minimum absolute atomic E-state index is 0.0425. The van der Waals surface area contributed by atoms with Gasteiger partial charge in [-0.1, -0.05) is 65.3 Å². The van der Waals surface area contributed by atoms with Crippen LogP contribution in [0.25, 0.3) is 0 Å². The fourth-order valence-electron chi connectivity index (χ4n) is 10.7. The first-order chi connectivity index (χ1) is 14.3. The monoisotopic (exact) mass is 424 g/mol. The molecule has 4 saturated carbocycles. The number of hydrogen-bond acceptors (Lipinski definition) is 1. The molecule has 5 aliphatic rings. The van der Waals surface area contributed by atoms with Gasteiger partial charge in [0.1, 0.15) is 0 Å². The van der Waals surface area contributed by atoms with Crippen LogP contribution in [0.4, 0.5) is 0 Å². The summed E-state index contributed by atoms with van der Waals surface area (Å²) in [4.78, 5) is 0. The van der Waals surface area contributed by atoms with Gasteiger partial charge < -0.3 is 5.11 Å². The van der Waals surface area contributed by atoms with Crippen molar-refractivity contribution >= 4 is 0 Å². The van der Waals surface area contributed by atoms with E-state index in [1.807, 2.05) is 5.57 Å². The average molecular weight is 425 g/mol. The van der Waals surface area contributed by atoms with Crippen LogP contribution in [0.3, 0.4) is 0 Å². The third-order valence-corrected chi connectivity index (χ3v) is 12.8. The number of fused-ring (bicyclic) bond motifs is 7. The molecule has 1 nitrogen and oxygen atoms in total. The second-order valence-corrected chi connectivity index (χ2v) is 14.3. The van der Waals surface area contributed by atoms with Crippen molar-refractivity contribution in [3.8, 4) is 0 Å². The molecule has 31 heavy (non-hydrogen) atoms. The zero-order chi connectivity index (χ0) is 22.6. The molecule has 1 heteroatoms. The van der Waals surface area contributed by atoms with E-state index in [4.69, 9.17) is 0 Å². The van der Waals surface area contributed by atoms with Gasteiger partial charge in [-0.15, -0.1) is 0 Å². The van der Waals surface area contributed by atoms with Crippen molar-refractivity contribution in [1.82, 2.24) is 0 Å². The fourth-order valence-corrected chi connectivity index (χ4v) is 10.7. The first-order valence-electron chi connectivity index (χ1n) is 13.4. The van der Waals surface area contributed by atoms with Gasteiger partial charge in [0, 0.05) is 0 Å². The third kappa shape index (κ3) is 2.59. The van der Waals surface area contributed by atoms with Crippen LogP contribution in [0.1, 0.15) is 106 Å². The summed E-state index contributed by atoms with van der Waals surface area (Å²) in [5.41, 5.74) is 4.84. The van der Waals surface area contributed by atoms with Crippen LogP contribution >= 0.6 is 0 Å². The Hall–Kier alpha value is -0.560. The molecular weight excluding hydrogens is 376 g/mol. The van der Waals surface area contributed by atoms with Crippen LogP contribution < -0.4 is 0 Å². The summed E-state index contributed by atoms with van der Waals surface area (Å²) in [5.74, 6) is 2.79. The second-order valence-electron chi connectivity index (χ2n) is 14.3. The van der Waals surface area contributed by atoms with E-state index in [1.54, 1.807) is 0 Å². The molecule has 5 rings (SSSR count). The summed E-state index contributed by atoms with van der Waals surface area (Å²) >= 11 is 0. The predicted molar refractivity (Wildman–Crippen MR) is 131 cm³/mol. The van der Waals surface area contributed by atoms with E-state index >= 15 is 0 Å². The van der Waals surface area contributed by atoms with Crippen LogP contribution in [0, 0.1) is 50.7 Å². The topological polar surface area (TPSA) is 20.2 Å². The largest absolute Gasteiger partial charge is 0.393 e. The van der Waals surface area contributed by atoms with Gasteiger partial charge in [-0.3, -0.25) is 0 Å². The minimum Gasteiger partial charge on any atom is -0.393 e. The van der Waals surface area contributed by atoms with Gasteiger partial charge in [0.05, 0.1) is 6.10 Å². The average Bonchev–Trinajstić information content (AvgIpc) is 3.04. The molecular formula is C30H48O. The van der Waals surface area contributed by atoms with Gasteiger partial charge in [0.25, 0.3) is 0 Å². The number of rotatable bonds is 1. The Morgan fingerprint density at radius 2 is 1.61 bits per heavy atom. The molecule has 0 unspecified atom stereocenters. The van der Waals surface area contributed by atoms with Crippen molar-refractivity contribution in [2.75, 3.05) is 0 Å². The van der Waals surface area contributed by atoms with Crippen molar-refractivity contribution < 1.29 is 5.11 Å². The predicted octanol–water partition coefficient (Wildman–Crippen LogP) is 7.94. The molecule has 0 amide bonds. The van der Waals surface area contributed by atoms with E-state index in [1.165, 1.54) is 56.9 Å². The summed E-state index contributed by atoms with van der Waals surface area (Å²) in [5, 5.41) is 10.9. The fraction of sp³-hybridized carbons (Fsp3) is 0.867. The summed E-state index contributed by atoms with van der Waals surface area (Å²) in [6.07, 6.45) is 14.2. The molecule has 0 aliphatic heterocycles. The molecule has 0 bridgehead atoms. The van der Waals surface area contributed by atoms with Crippen molar-refractivity contribution in [2.45, 2.75) is 112 Å². The van der Waals surface area contributed by atoms with Crippen molar-refractivity contribution in [3.05, 3.63) is 23.8 Å². The first-order valence-corrected chi connectivity index (χ1v) is 13.4. The highest BCUT2D eigenvalue weighted by Crippen LogP contribution is 2.76. The maximum atomic E-state index is 10.9. The van der Waals surface area contributed by atoms with Gasteiger partial charge >= 0.3 is 0 Å². The number of hydrogen-bond donors (Lipinski definition) is 1. The molecule has 9 atom stereocenters. The zero-order valence-corrected chi connectivity index (χ0v) is 21.5. The maximum Gasteiger partial charge on any atom is 0.0594 e. The summed E-state index contributed by atoms with van der Waals surface area (Å²) in [7, 11) is 0. The highest BCUT2D eigenvalue weighted by atomic mass is 16.3. The van der Waals surface area contributed by atoms with Crippen molar-refractivity contribution in [1.29, 1.82) is 0 Å². The molecule has 0 spiro atoms. The van der Waals surface area contributed by atoms with Gasteiger partial charge in [-0.05, 0) is 115 Å². The van der Waals surface area contributed by atoms with Crippen molar-refractivity contribution in [2.24, 2.45) is 50.7 Å². The Morgan fingerprint density at radius 1 is 0.903 bits per heavy atom. The lowest BCUT2D eigenvalue weighted by molar-refractivity contribution is -0.200. The Labute approximate surface area is 192 Å². The van der Waals surface area contributed by atoms with E-state index in [9.17, 15) is 5.11 Å². The molecule has 1 N–H and O–H groups in total. The van der Waals surface area contributed by atoms with Crippen LogP contribution in [0.2, 0.25) is 0 Å². The van der Waals surface area contributed by atoms with Crippen LogP contribution in [0.15, 0.2) is 23.8 Å². The molecule has 0 saturated heterocycles. The molecule has 174 valence electrons. The zero-order valence-electron chi connectivity index (χ0n) is 21.5. The lowest BCUT2D eigenvalue weighted by Crippen LogP contribution is -2.64. The molecule has 0 aromatic heterocycles. The normalized spacial score (nSPS) is 55.4. The van der Waals surface area contributed by atoms with Gasteiger partial charge in [-0.25, -0.2) is 0 Å². The third-order valence-electron chi connectivity index (χ3n) is 12.8. The van der Waals surface area contributed by atoms with E-state index < -0.39 is 0 Å².